The van der Waals surface area contributed by atoms with Gasteiger partial charge >= 0.3 is 0 Å². The van der Waals surface area contributed by atoms with Crippen molar-refractivity contribution in [2.75, 3.05) is 11.9 Å². The molecule has 0 saturated carbocycles. The summed E-state index contributed by atoms with van der Waals surface area (Å²) in [5.74, 6) is 0. The molecule has 1 N–H and O–H groups in total. The lowest BCUT2D eigenvalue weighted by molar-refractivity contribution is 0.171. The molecule has 0 radical (unpaired) electrons. The molecule has 1 aromatic heterocycles. The summed E-state index contributed by atoms with van der Waals surface area (Å²) in [6, 6.07) is 17.1. The van der Waals surface area contributed by atoms with Gasteiger partial charge in [-0.05, 0) is 83.0 Å². The molecule has 3 aromatic rings. The van der Waals surface area contributed by atoms with Gasteiger partial charge in [-0.15, -0.1) is 0 Å². The maximum absolute atomic E-state index is 6.31. The molecule has 0 saturated heterocycles. The summed E-state index contributed by atoms with van der Waals surface area (Å²) in [5.41, 5.74) is 3.77. The zero-order chi connectivity index (χ0) is 23.3. The zero-order valence-electron chi connectivity index (χ0n) is 19.6. The Morgan fingerprint density at radius 2 is 1.66 bits per heavy atom. The Hall–Kier alpha value is -2.07. The Balaban J connectivity index is 1.86. The molecule has 1 heterocycles. The fourth-order valence-corrected chi connectivity index (χ4v) is 4.37. The number of benzene rings is 2. The van der Waals surface area contributed by atoms with Crippen LogP contribution in [0.3, 0.4) is 0 Å². The molecule has 32 heavy (non-hydrogen) atoms. The normalized spacial score (nSPS) is 13.1. The summed E-state index contributed by atoms with van der Waals surface area (Å²) in [5, 5.41) is 6.19. The Morgan fingerprint density at radius 3 is 2.34 bits per heavy atom. The smallest absolute Gasteiger partial charge is 0.0744 e. The van der Waals surface area contributed by atoms with Gasteiger partial charge in [0.05, 0.1) is 11.2 Å². The van der Waals surface area contributed by atoms with E-state index in [1.807, 2.05) is 54.6 Å². The van der Waals surface area contributed by atoms with Crippen LogP contribution < -0.4 is 5.32 Å². The van der Waals surface area contributed by atoms with E-state index in [1.165, 1.54) is 0 Å². The van der Waals surface area contributed by atoms with Crippen LogP contribution in [0.2, 0.25) is 10.0 Å². The molecular formula is C27H33Cl2N3. The minimum Gasteiger partial charge on any atom is -0.382 e. The highest BCUT2D eigenvalue weighted by Crippen LogP contribution is 2.28. The van der Waals surface area contributed by atoms with Crippen LogP contribution in [0, 0.1) is 0 Å². The lowest BCUT2D eigenvalue weighted by Crippen LogP contribution is -2.39. The van der Waals surface area contributed by atoms with Gasteiger partial charge in [-0.3, -0.25) is 4.90 Å². The van der Waals surface area contributed by atoms with E-state index >= 15 is 0 Å². The van der Waals surface area contributed by atoms with E-state index in [-0.39, 0.29) is 0 Å². The van der Waals surface area contributed by atoms with Gasteiger partial charge in [0, 0.05) is 45.8 Å². The van der Waals surface area contributed by atoms with E-state index in [4.69, 9.17) is 28.2 Å². The van der Waals surface area contributed by atoms with Crippen molar-refractivity contribution in [3.05, 3.63) is 69.8 Å². The van der Waals surface area contributed by atoms with E-state index in [2.05, 4.69) is 50.9 Å². The van der Waals surface area contributed by atoms with Gasteiger partial charge in [-0.2, -0.15) is 0 Å². The van der Waals surface area contributed by atoms with Crippen LogP contribution in [0.15, 0.2) is 48.5 Å². The molecule has 0 aliphatic carbocycles. The van der Waals surface area contributed by atoms with Crippen molar-refractivity contribution in [1.29, 1.82) is 0 Å². The molecule has 0 amide bonds. The van der Waals surface area contributed by atoms with Crippen LogP contribution >= 0.6 is 23.2 Å². The highest BCUT2D eigenvalue weighted by molar-refractivity contribution is 6.32. The second-order valence-electron chi connectivity index (χ2n) is 8.87. The van der Waals surface area contributed by atoms with Gasteiger partial charge < -0.3 is 5.32 Å². The van der Waals surface area contributed by atoms with Gasteiger partial charge in [-0.25, -0.2) is 4.98 Å². The molecule has 3 nitrogen and oxygen atoms in total. The number of nitrogens with one attached hydrogen (secondary N) is 1. The zero-order valence-corrected chi connectivity index (χ0v) is 21.1. The number of rotatable bonds is 9. The number of halogens is 2. The first-order valence-electron chi connectivity index (χ1n) is 11.3. The fraction of sp³-hybridized carbons (Fsp3) is 0.370. The Morgan fingerprint density at radius 1 is 0.938 bits per heavy atom. The number of nitrogens with zero attached hydrogens (tertiary/aromatic N) is 2. The third kappa shape index (κ3) is 6.48. The molecule has 1 unspecified atom stereocenters. The molecule has 0 aliphatic rings. The molecule has 3 rings (SSSR count). The quantitative estimate of drug-likeness (QED) is 0.343. The largest absolute Gasteiger partial charge is 0.382 e. The Bertz CT molecular complexity index is 1070. The number of anilines is 1. The van der Waals surface area contributed by atoms with Crippen LogP contribution in [-0.2, 0) is 0 Å². The first-order chi connectivity index (χ1) is 15.2. The second-order valence-corrected chi connectivity index (χ2v) is 9.71. The van der Waals surface area contributed by atoms with Crippen LogP contribution in [0.25, 0.3) is 23.1 Å². The number of pyridine rings is 1. The number of fused-ring (bicyclic) bond motifs is 1. The number of aromatic nitrogens is 1. The molecular weight excluding hydrogens is 437 g/mol. The molecule has 2 aromatic carbocycles. The van der Waals surface area contributed by atoms with Crippen molar-refractivity contribution in [2.24, 2.45) is 0 Å². The summed E-state index contributed by atoms with van der Waals surface area (Å²) in [7, 11) is 0. The Labute approximate surface area is 202 Å². The second kappa shape index (κ2) is 11.2. The molecule has 170 valence electrons. The summed E-state index contributed by atoms with van der Waals surface area (Å²) in [6.07, 6.45) is 5.05. The SMILES string of the molecule is CC(CCN(C(C)C)C(C)C)Nc1cc(/C=C/c2ccccc2Cl)nc2cc(Cl)ccc12. The Kier molecular flexibility index (Phi) is 8.58. The lowest BCUT2D eigenvalue weighted by Gasteiger charge is -2.31. The van der Waals surface area contributed by atoms with E-state index < -0.39 is 0 Å². The van der Waals surface area contributed by atoms with E-state index in [1.54, 1.807) is 0 Å². The predicted octanol–water partition coefficient (Wildman–Crippen LogP) is 8.02. The van der Waals surface area contributed by atoms with Crippen LogP contribution in [0.4, 0.5) is 5.69 Å². The topological polar surface area (TPSA) is 28.2 Å². The van der Waals surface area contributed by atoms with E-state index in [0.717, 1.165) is 45.8 Å². The summed E-state index contributed by atoms with van der Waals surface area (Å²) in [6.45, 7) is 12.3. The van der Waals surface area contributed by atoms with Gasteiger partial charge in [0.15, 0.2) is 0 Å². The maximum atomic E-state index is 6.31. The molecule has 0 bridgehead atoms. The highest BCUT2D eigenvalue weighted by atomic mass is 35.5. The summed E-state index contributed by atoms with van der Waals surface area (Å²) < 4.78 is 0. The summed E-state index contributed by atoms with van der Waals surface area (Å²) in [4.78, 5) is 7.33. The van der Waals surface area contributed by atoms with E-state index in [9.17, 15) is 0 Å². The molecule has 5 heteroatoms. The number of hydrogen-bond acceptors (Lipinski definition) is 3. The average Bonchev–Trinajstić information content (AvgIpc) is 2.72. The van der Waals surface area contributed by atoms with Crippen molar-refractivity contribution in [2.45, 2.75) is 59.2 Å². The number of hydrogen-bond donors (Lipinski definition) is 1. The van der Waals surface area contributed by atoms with Gasteiger partial charge in [0.25, 0.3) is 0 Å². The van der Waals surface area contributed by atoms with E-state index in [0.29, 0.717) is 23.1 Å². The van der Waals surface area contributed by atoms with Crippen molar-refractivity contribution < 1.29 is 0 Å². The molecule has 0 fully saturated rings. The fourth-order valence-electron chi connectivity index (χ4n) is 4.01. The first-order valence-corrected chi connectivity index (χ1v) is 12.1. The maximum Gasteiger partial charge on any atom is 0.0744 e. The third-order valence-electron chi connectivity index (χ3n) is 5.68. The van der Waals surface area contributed by atoms with Gasteiger partial charge in [0.2, 0.25) is 0 Å². The van der Waals surface area contributed by atoms with Gasteiger partial charge in [0.1, 0.15) is 0 Å². The molecule has 0 spiro atoms. The van der Waals surface area contributed by atoms with Crippen molar-refractivity contribution in [3.8, 4) is 0 Å². The predicted molar refractivity (Wildman–Crippen MR) is 142 cm³/mol. The molecule has 0 aliphatic heterocycles. The van der Waals surface area contributed by atoms with Crippen molar-refractivity contribution in [3.63, 3.8) is 0 Å². The van der Waals surface area contributed by atoms with Crippen molar-refractivity contribution >= 4 is 51.9 Å². The minimum atomic E-state index is 0.316. The van der Waals surface area contributed by atoms with Crippen molar-refractivity contribution in [1.82, 2.24) is 9.88 Å². The average molecular weight is 470 g/mol. The minimum absolute atomic E-state index is 0.316. The van der Waals surface area contributed by atoms with Gasteiger partial charge in [-0.1, -0.05) is 47.5 Å². The monoisotopic (exact) mass is 469 g/mol. The standard InChI is InChI=1S/C27H33Cl2N3/c1-18(2)32(19(3)4)15-14-20(5)30-27-17-23(12-10-21-8-6-7-9-25(21)29)31-26-16-22(28)11-13-24(26)27/h6-13,16-20H,14-15H2,1-5H3,(H,30,31)/b12-10+. The van der Waals surface area contributed by atoms with Crippen LogP contribution in [-0.4, -0.2) is 34.6 Å². The lowest BCUT2D eigenvalue weighted by atomic mass is 10.1. The first kappa shape index (κ1) is 24.6. The summed E-state index contributed by atoms with van der Waals surface area (Å²) >= 11 is 12.6. The van der Waals surface area contributed by atoms with Crippen LogP contribution in [0.1, 0.15) is 52.3 Å². The highest BCUT2D eigenvalue weighted by Gasteiger charge is 2.15. The molecule has 1 atom stereocenters. The van der Waals surface area contributed by atoms with Crippen LogP contribution in [0.5, 0.6) is 0 Å². The third-order valence-corrected chi connectivity index (χ3v) is 6.26.